The number of benzene rings is 2. The van der Waals surface area contributed by atoms with Gasteiger partial charge in [-0.15, -0.1) is 0 Å². The van der Waals surface area contributed by atoms with Crippen molar-refractivity contribution < 1.29 is 9.59 Å². The SMILES string of the molecule is Cc1cccc(C(=O)Nc2ccccc2C(=O)NCCC(C)N)c1. The molecule has 2 aromatic rings. The Bertz CT molecular complexity index is 726. The number of nitrogens with two attached hydrogens (primary N) is 1. The van der Waals surface area contributed by atoms with Crippen LogP contribution < -0.4 is 16.4 Å². The summed E-state index contributed by atoms with van der Waals surface area (Å²) in [7, 11) is 0. The summed E-state index contributed by atoms with van der Waals surface area (Å²) >= 11 is 0. The van der Waals surface area contributed by atoms with Crippen LogP contribution in [0.1, 0.15) is 39.6 Å². The summed E-state index contributed by atoms with van der Waals surface area (Å²) in [5, 5.41) is 5.63. The zero-order valence-electron chi connectivity index (χ0n) is 14.0. The average Bonchev–Trinajstić information content (AvgIpc) is 2.55. The van der Waals surface area contributed by atoms with Crippen molar-refractivity contribution in [2.45, 2.75) is 26.3 Å². The molecule has 5 nitrogen and oxygen atoms in total. The van der Waals surface area contributed by atoms with E-state index in [1.807, 2.05) is 26.0 Å². The first-order chi connectivity index (χ1) is 11.5. The number of hydrogen-bond acceptors (Lipinski definition) is 3. The van der Waals surface area contributed by atoms with Crippen LogP contribution in [0.2, 0.25) is 0 Å². The minimum Gasteiger partial charge on any atom is -0.352 e. The highest BCUT2D eigenvalue weighted by Gasteiger charge is 2.14. The summed E-state index contributed by atoms with van der Waals surface area (Å²) in [6, 6.07) is 14.3. The number of carbonyl (C=O) groups excluding carboxylic acids is 2. The van der Waals surface area contributed by atoms with Gasteiger partial charge >= 0.3 is 0 Å². The van der Waals surface area contributed by atoms with E-state index < -0.39 is 0 Å². The van der Waals surface area contributed by atoms with Crippen LogP contribution in [0.25, 0.3) is 0 Å². The number of aryl methyl sites for hydroxylation is 1. The average molecular weight is 325 g/mol. The molecule has 2 amide bonds. The molecule has 0 heterocycles. The van der Waals surface area contributed by atoms with E-state index in [9.17, 15) is 9.59 Å². The van der Waals surface area contributed by atoms with Gasteiger partial charge in [0.25, 0.3) is 11.8 Å². The first-order valence-electron chi connectivity index (χ1n) is 7.98. The largest absolute Gasteiger partial charge is 0.352 e. The normalized spacial score (nSPS) is 11.6. The maximum atomic E-state index is 12.4. The molecule has 2 rings (SSSR count). The lowest BCUT2D eigenvalue weighted by Gasteiger charge is -2.12. The molecular weight excluding hydrogens is 302 g/mol. The van der Waals surface area contributed by atoms with Gasteiger partial charge in [0.1, 0.15) is 0 Å². The van der Waals surface area contributed by atoms with Crippen LogP contribution in [-0.2, 0) is 0 Å². The van der Waals surface area contributed by atoms with Crippen LogP contribution in [0.3, 0.4) is 0 Å². The fraction of sp³-hybridized carbons (Fsp3) is 0.263. The van der Waals surface area contributed by atoms with E-state index in [1.165, 1.54) is 0 Å². The summed E-state index contributed by atoms with van der Waals surface area (Å²) in [5.74, 6) is -0.467. The Balaban J connectivity index is 2.11. The number of anilines is 1. The second-order valence-electron chi connectivity index (χ2n) is 5.89. The van der Waals surface area contributed by atoms with Gasteiger partial charge in [-0.25, -0.2) is 0 Å². The number of amides is 2. The maximum Gasteiger partial charge on any atom is 0.255 e. The van der Waals surface area contributed by atoms with Gasteiger partial charge in [0.2, 0.25) is 0 Å². The Hall–Kier alpha value is -2.66. The van der Waals surface area contributed by atoms with E-state index in [0.717, 1.165) is 5.56 Å². The van der Waals surface area contributed by atoms with E-state index in [1.54, 1.807) is 36.4 Å². The quantitative estimate of drug-likeness (QED) is 0.763. The number of para-hydroxylation sites is 1. The fourth-order valence-corrected chi connectivity index (χ4v) is 2.28. The van der Waals surface area contributed by atoms with Crippen molar-refractivity contribution in [1.29, 1.82) is 0 Å². The van der Waals surface area contributed by atoms with Crippen LogP contribution in [0.15, 0.2) is 48.5 Å². The molecule has 5 heteroatoms. The lowest BCUT2D eigenvalue weighted by Crippen LogP contribution is -2.29. The Morgan fingerprint density at radius 3 is 2.54 bits per heavy atom. The minimum atomic E-state index is -0.241. The summed E-state index contributed by atoms with van der Waals surface area (Å²) < 4.78 is 0. The molecule has 24 heavy (non-hydrogen) atoms. The van der Waals surface area contributed by atoms with Crippen molar-refractivity contribution in [2.24, 2.45) is 5.73 Å². The third-order valence-corrected chi connectivity index (χ3v) is 3.59. The molecule has 1 atom stereocenters. The van der Waals surface area contributed by atoms with E-state index >= 15 is 0 Å². The summed E-state index contributed by atoms with van der Waals surface area (Å²) in [4.78, 5) is 24.7. The highest BCUT2D eigenvalue weighted by atomic mass is 16.2. The van der Waals surface area contributed by atoms with Gasteiger partial charge in [-0.3, -0.25) is 9.59 Å². The van der Waals surface area contributed by atoms with Gasteiger partial charge in [-0.05, 0) is 44.5 Å². The molecule has 4 N–H and O–H groups in total. The van der Waals surface area contributed by atoms with E-state index in [-0.39, 0.29) is 17.9 Å². The van der Waals surface area contributed by atoms with E-state index in [4.69, 9.17) is 5.73 Å². The first kappa shape index (κ1) is 17.7. The molecule has 0 saturated carbocycles. The van der Waals surface area contributed by atoms with Crippen LogP contribution >= 0.6 is 0 Å². The molecule has 0 spiro atoms. The van der Waals surface area contributed by atoms with Crippen molar-refractivity contribution in [2.75, 3.05) is 11.9 Å². The van der Waals surface area contributed by atoms with Gasteiger partial charge in [0.15, 0.2) is 0 Å². The van der Waals surface area contributed by atoms with E-state index in [2.05, 4.69) is 10.6 Å². The molecule has 0 aromatic heterocycles. The summed E-state index contributed by atoms with van der Waals surface area (Å²) in [5.41, 5.74) is 8.16. The van der Waals surface area contributed by atoms with Crippen molar-refractivity contribution in [3.8, 4) is 0 Å². The molecule has 2 aromatic carbocycles. The smallest absolute Gasteiger partial charge is 0.255 e. The molecule has 0 aliphatic heterocycles. The Morgan fingerprint density at radius 2 is 1.83 bits per heavy atom. The van der Waals surface area contributed by atoms with Gasteiger partial charge < -0.3 is 16.4 Å². The van der Waals surface area contributed by atoms with Gasteiger partial charge in [0, 0.05) is 18.2 Å². The molecule has 0 aliphatic rings. The summed E-state index contributed by atoms with van der Waals surface area (Å²) in [6.07, 6.45) is 0.698. The third-order valence-electron chi connectivity index (χ3n) is 3.59. The zero-order valence-corrected chi connectivity index (χ0v) is 14.0. The number of hydrogen-bond donors (Lipinski definition) is 3. The predicted molar refractivity (Wildman–Crippen MR) is 96.2 cm³/mol. The molecule has 0 aliphatic carbocycles. The molecule has 0 saturated heterocycles. The van der Waals surface area contributed by atoms with Gasteiger partial charge in [-0.2, -0.15) is 0 Å². The molecule has 0 radical (unpaired) electrons. The zero-order chi connectivity index (χ0) is 17.5. The summed E-state index contributed by atoms with van der Waals surface area (Å²) in [6.45, 7) is 4.31. The Kier molecular flexibility index (Phi) is 6.09. The van der Waals surface area contributed by atoms with Crippen LogP contribution in [0.5, 0.6) is 0 Å². The van der Waals surface area contributed by atoms with Crippen LogP contribution in [0.4, 0.5) is 5.69 Å². The van der Waals surface area contributed by atoms with Crippen molar-refractivity contribution in [3.63, 3.8) is 0 Å². The second-order valence-corrected chi connectivity index (χ2v) is 5.89. The molecular formula is C19H23N3O2. The Labute approximate surface area is 142 Å². The highest BCUT2D eigenvalue weighted by molar-refractivity contribution is 6.09. The van der Waals surface area contributed by atoms with Crippen molar-refractivity contribution in [3.05, 3.63) is 65.2 Å². The minimum absolute atomic E-state index is 0.0292. The lowest BCUT2D eigenvalue weighted by molar-refractivity contribution is 0.0953. The molecule has 0 bridgehead atoms. The number of rotatable bonds is 6. The second kappa shape index (κ2) is 8.26. The van der Waals surface area contributed by atoms with Gasteiger partial charge in [-0.1, -0.05) is 29.8 Å². The highest BCUT2D eigenvalue weighted by Crippen LogP contribution is 2.16. The monoisotopic (exact) mass is 325 g/mol. The number of nitrogens with one attached hydrogen (secondary N) is 2. The van der Waals surface area contributed by atoms with Gasteiger partial charge in [0.05, 0.1) is 11.3 Å². The topological polar surface area (TPSA) is 84.2 Å². The fourth-order valence-electron chi connectivity index (χ4n) is 2.28. The maximum absolute atomic E-state index is 12.4. The van der Waals surface area contributed by atoms with Crippen molar-refractivity contribution in [1.82, 2.24) is 5.32 Å². The Morgan fingerprint density at radius 1 is 1.08 bits per heavy atom. The number of carbonyl (C=O) groups is 2. The first-order valence-corrected chi connectivity index (χ1v) is 7.98. The van der Waals surface area contributed by atoms with E-state index in [0.29, 0.717) is 29.8 Å². The molecule has 1 unspecified atom stereocenters. The standard InChI is InChI=1S/C19H23N3O2/c1-13-6-5-7-15(12-13)18(23)22-17-9-4-3-8-16(17)19(24)21-11-10-14(2)20/h3-9,12,14H,10-11,20H2,1-2H3,(H,21,24)(H,22,23). The third kappa shape index (κ3) is 4.93. The lowest BCUT2D eigenvalue weighted by atomic mass is 10.1. The van der Waals surface area contributed by atoms with Crippen LogP contribution in [-0.4, -0.2) is 24.4 Å². The molecule has 0 fully saturated rings. The predicted octanol–water partition coefficient (Wildman–Crippen LogP) is 2.71. The van der Waals surface area contributed by atoms with Crippen LogP contribution in [0, 0.1) is 6.92 Å². The van der Waals surface area contributed by atoms with Crippen molar-refractivity contribution >= 4 is 17.5 Å². The molecule has 126 valence electrons.